The van der Waals surface area contributed by atoms with E-state index >= 15 is 0 Å². The van der Waals surface area contributed by atoms with Gasteiger partial charge in [-0.05, 0) is 18.4 Å². The van der Waals surface area contributed by atoms with Gasteiger partial charge in [-0.15, -0.1) is 11.3 Å². The highest BCUT2D eigenvalue weighted by Crippen LogP contribution is 2.17. The first-order valence-corrected chi connectivity index (χ1v) is 5.63. The third-order valence-corrected chi connectivity index (χ3v) is 3.03. The average Bonchev–Trinajstić information content (AvgIpc) is 2.56. The second-order valence-corrected chi connectivity index (χ2v) is 3.98. The molecule has 0 bridgehead atoms. The van der Waals surface area contributed by atoms with Crippen molar-refractivity contribution < 1.29 is 4.79 Å². The van der Waals surface area contributed by atoms with Crippen LogP contribution in [0, 0.1) is 0 Å². The monoisotopic (exact) mass is 247 g/mol. The Morgan fingerprint density at radius 2 is 2.58 bits per heavy atom. The molecule has 0 spiro atoms. The van der Waals surface area contributed by atoms with E-state index in [0.717, 1.165) is 0 Å². The van der Waals surface area contributed by atoms with Crippen LogP contribution in [0.1, 0.15) is 17.8 Å². The van der Waals surface area contributed by atoms with Gasteiger partial charge in [0.2, 0.25) is 5.91 Å². The molecular weight excluding hydrogens is 238 g/mol. The maximum absolute atomic E-state index is 11.0. The Labute approximate surface area is 84.1 Å². The van der Waals surface area contributed by atoms with Crippen LogP contribution in [0.3, 0.4) is 0 Å². The molecule has 66 valence electrons. The lowest BCUT2D eigenvalue weighted by atomic mass is 10.3. The van der Waals surface area contributed by atoms with E-state index < -0.39 is 0 Å². The first-order valence-electron chi connectivity index (χ1n) is 3.62. The van der Waals surface area contributed by atoms with Crippen LogP contribution in [0.15, 0.2) is 17.5 Å². The summed E-state index contributed by atoms with van der Waals surface area (Å²) in [6.45, 7) is 1.98. The molecule has 0 aliphatic rings. The zero-order chi connectivity index (χ0) is 8.97. The molecule has 1 aromatic rings. The van der Waals surface area contributed by atoms with Crippen LogP contribution >= 0.6 is 27.3 Å². The van der Waals surface area contributed by atoms with Crippen molar-refractivity contribution in [2.75, 3.05) is 5.33 Å². The molecular formula is C8H10BrNOS. The number of carbonyl (C=O) groups is 1. The molecule has 12 heavy (non-hydrogen) atoms. The van der Waals surface area contributed by atoms with E-state index in [2.05, 4.69) is 21.2 Å². The topological polar surface area (TPSA) is 29.1 Å². The number of rotatable bonds is 3. The number of halogens is 1. The summed E-state index contributed by atoms with van der Waals surface area (Å²) in [5.74, 6) is 0.0240. The minimum atomic E-state index is 0.0240. The van der Waals surface area contributed by atoms with Crippen LogP contribution in [-0.2, 0) is 4.79 Å². The van der Waals surface area contributed by atoms with Crippen molar-refractivity contribution in [1.29, 1.82) is 0 Å². The summed E-state index contributed by atoms with van der Waals surface area (Å²) in [5.41, 5.74) is 0. The maximum atomic E-state index is 11.0. The summed E-state index contributed by atoms with van der Waals surface area (Å²) >= 11 is 4.75. The summed E-state index contributed by atoms with van der Waals surface area (Å²) < 4.78 is 0. The van der Waals surface area contributed by atoms with Gasteiger partial charge in [-0.2, -0.15) is 0 Å². The fourth-order valence-corrected chi connectivity index (χ4v) is 1.79. The fraction of sp³-hybridized carbons (Fsp3) is 0.375. The lowest BCUT2D eigenvalue weighted by Gasteiger charge is -2.10. The highest BCUT2D eigenvalue weighted by atomic mass is 79.9. The van der Waals surface area contributed by atoms with Gasteiger partial charge >= 0.3 is 0 Å². The molecule has 0 saturated carbocycles. The van der Waals surface area contributed by atoms with Crippen LogP contribution in [-0.4, -0.2) is 11.2 Å². The third kappa shape index (κ3) is 2.60. The van der Waals surface area contributed by atoms with Gasteiger partial charge in [0.15, 0.2) is 0 Å². The zero-order valence-electron chi connectivity index (χ0n) is 6.71. The Morgan fingerprint density at radius 1 is 1.83 bits per heavy atom. The molecule has 0 aromatic carbocycles. The Balaban J connectivity index is 2.49. The molecule has 2 nitrogen and oxygen atoms in total. The summed E-state index contributed by atoms with van der Waals surface area (Å²) in [5, 5.41) is 5.23. The second kappa shape index (κ2) is 4.62. The molecule has 0 unspecified atom stereocenters. The minimum Gasteiger partial charge on any atom is -0.348 e. The van der Waals surface area contributed by atoms with Crippen LogP contribution in [0.25, 0.3) is 0 Å². The first kappa shape index (κ1) is 9.74. The van der Waals surface area contributed by atoms with E-state index in [-0.39, 0.29) is 11.9 Å². The molecule has 4 heteroatoms. The van der Waals surface area contributed by atoms with Gasteiger partial charge in [0.05, 0.1) is 11.4 Å². The molecule has 1 amide bonds. The zero-order valence-corrected chi connectivity index (χ0v) is 9.11. The van der Waals surface area contributed by atoms with Gasteiger partial charge in [0, 0.05) is 4.88 Å². The highest BCUT2D eigenvalue weighted by molar-refractivity contribution is 9.09. The largest absolute Gasteiger partial charge is 0.348 e. The van der Waals surface area contributed by atoms with E-state index in [4.69, 9.17) is 0 Å². The van der Waals surface area contributed by atoms with Gasteiger partial charge < -0.3 is 5.32 Å². The molecule has 1 rings (SSSR count). The highest BCUT2D eigenvalue weighted by Gasteiger charge is 2.08. The van der Waals surface area contributed by atoms with Crippen molar-refractivity contribution >= 4 is 33.2 Å². The van der Waals surface area contributed by atoms with Crippen molar-refractivity contribution in [3.05, 3.63) is 22.4 Å². The fourth-order valence-electron chi connectivity index (χ4n) is 0.889. The van der Waals surface area contributed by atoms with Gasteiger partial charge in [0.1, 0.15) is 0 Å². The Hall–Kier alpha value is -0.350. The van der Waals surface area contributed by atoms with Crippen molar-refractivity contribution in [3.63, 3.8) is 0 Å². The van der Waals surface area contributed by atoms with Crippen molar-refractivity contribution in [2.45, 2.75) is 13.0 Å². The number of alkyl halides is 1. The lowest BCUT2D eigenvalue weighted by molar-refractivity contribution is -0.119. The van der Waals surface area contributed by atoms with E-state index in [1.54, 1.807) is 11.3 Å². The number of hydrogen-bond acceptors (Lipinski definition) is 2. The standard InChI is InChI=1S/C8H10BrNOS/c1-6(10-8(11)5-9)7-3-2-4-12-7/h2-4,6H,5H2,1H3,(H,10,11)/t6-/m1/s1. The first-order chi connectivity index (χ1) is 5.74. The summed E-state index contributed by atoms with van der Waals surface area (Å²) in [6.07, 6.45) is 0. The summed E-state index contributed by atoms with van der Waals surface area (Å²) in [7, 11) is 0. The van der Waals surface area contributed by atoms with Gasteiger partial charge in [-0.1, -0.05) is 22.0 Å². The SMILES string of the molecule is C[C@@H](NC(=O)CBr)c1cccs1. The van der Waals surface area contributed by atoms with E-state index in [9.17, 15) is 4.79 Å². The molecule has 1 N–H and O–H groups in total. The predicted octanol–water partition coefficient (Wildman–Crippen LogP) is 2.32. The Bertz CT molecular complexity index is 248. The Kier molecular flexibility index (Phi) is 3.75. The smallest absolute Gasteiger partial charge is 0.231 e. The summed E-state index contributed by atoms with van der Waals surface area (Å²) in [6, 6.07) is 4.12. The maximum Gasteiger partial charge on any atom is 0.231 e. The van der Waals surface area contributed by atoms with E-state index in [1.165, 1.54) is 4.88 Å². The number of amides is 1. The number of nitrogens with one attached hydrogen (secondary N) is 1. The number of hydrogen-bond donors (Lipinski definition) is 1. The van der Waals surface area contributed by atoms with Crippen LogP contribution < -0.4 is 5.32 Å². The normalized spacial score (nSPS) is 12.5. The molecule has 0 fully saturated rings. The third-order valence-electron chi connectivity index (χ3n) is 1.47. The molecule has 0 aliphatic heterocycles. The van der Waals surface area contributed by atoms with Crippen LogP contribution in [0.4, 0.5) is 0 Å². The van der Waals surface area contributed by atoms with Crippen LogP contribution in [0.2, 0.25) is 0 Å². The molecule has 1 atom stereocenters. The number of carbonyl (C=O) groups excluding carboxylic acids is 1. The Morgan fingerprint density at radius 3 is 3.08 bits per heavy atom. The van der Waals surface area contributed by atoms with Gasteiger partial charge in [-0.3, -0.25) is 4.79 Å². The van der Waals surface area contributed by atoms with Crippen molar-refractivity contribution in [1.82, 2.24) is 5.32 Å². The van der Waals surface area contributed by atoms with Gasteiger partial charge in [0.25, 0.3) is 0 Å². The quantitative estimate of drug-likeness (QED) is 0.817. The second-order valence-electron chi connectivity index (χ2n) is 2.44. The average molecular weight is 248 g/mol. The molecule has 1 aromatic heterocycles. The number of thiophene rings is 1. The summed E-state index contributed by atoms with van der Waals surface area (Å²) in [4.78, 5) is 12.1. The van der Waals surface area contributed by atoms with Crippen LogP contribution in [0.5, 0.6) is 0 Å². The van der Waals surface area contributed by atoms with E-state index in [1.807, 2.05) is 24.4 Å². The molecule has 0 radical (unpaired) electrons. The van der Waals surface area contributed by atoms with Gasteiger partial charge in [-0.25, -0.2) is 0 Å². The van der Waals surface area contributed by atoms with E-state index in [0.29, 0.717) is 5.33 Å². The lowest BCUT2D eigenvalue weighted by Crippen LogP contribution is -2.26. The molecule has 0 aliphatic carbocycles. The minimum absolute atomic E-state index is 0.0240. The molecule has 0 saturated heterocycles. The predicted molar refractivity (Wildman–Crippen MR) is 54.7 cm³/mol. The van der Waals surface area contributed by atoms with Crippen molar-refractivity contribution in [2.24, 2.45) is 0 Å². The molecule has 1 heterocycles. The van der Waals surface area contributed by atoms with Crippen molar-refractivity contribution in [3.8, 4) is 0 Å².